The Hall–Kier alpha value is -1.66. The molecule has 0 fully saturated rings. The van der Waals surface area contributed by atoms with Gasteiger partial charge in [-0.25, -0.2) is 4.98 Å². The van der Waals surface area contributed by atoms with Crippen LogP contribution < -0.4 is 5.73 Å². The van der Waals surface area contributed by atoms with E-state index in [-0.39, 0.29) is 0 Å². The maximum Gasteiger partial charge on any atom is 0.197 e. The van der Waals surface area contributed by atoms with Crippen LogP contribution in [0, 0.1) is 0 Å². The molecule has 1 atom stereocenters. The summed E-state index contributed by atoms with van der Waals surface area (Å²) in [7, 11) is -1.11. The van der Waals surface area contributed by atoms with Crippen LogP contribution in [0.1, 0.15) is 5.56 Å². The number of rotatable bonds is 4. The fourth-order valence-corrected chi connectivity index (χ4v) is 3.60. The second-order valence-electron chi connectivity index (χ2n) is 4.25. The largest absolute Gasteiger partial charge is 0.399 e. The summed E-state index contributed by atoms with van der Waals surface area (Å²) in [5, 5.41) is 4.63. The van der Waals surface area contributed by atoms with Gasteiger partial charge in [0.1, 0.15) is 0 Å². The van der Waals surface area contributed by atoms with Crippen LogP contribution in [-0.4, -0.2) is 19.9 Å². The van der Waals surface area contributed by atoms with Crippen molar-refractivity contribution < 1.29 is 4.21 Å². The number of fused-ring (bicyclic) bond motifs is 1. The summed E-state index contributed by atoms with van der Waals surface area (Å²) in [5.74, 6) is 0.575. The third-order valence-corrected chi connectivity index (χ3v) is 4.79. The van der Waals surface area contributed by atoms with Crippen LogP contribution in [0.15, 0.2) is 40.2 Å². The monoisotopic (exact) mass is 291 g/mol. The topological polar surface area (TPSA) is 71.8 Å². The first-order valence-electron chi connectivity index (χ1n) is 5.87. The third-order valence-electron chi connectivity index (χ3n) is 2.86. The number of anilines is 1. The number of imidazole rings is 1. The standard InChI is InChI=1S/C13H13N3OS2/c14-10-1-2-11-12(7-10)16-13(15-11)19(17)6-4-9-3-5-18-8-9/h1-3,5,7-8H,4,6,14H2,(H,15,16). The number of aryl methyl sites for hydroxylation is 1. The number of hydrogen-bond donors (Lipinski definition) is 2. The molecule has 19 heavy (non-hydrogen) atoms. The Kier molecular flexibility index (Phi) is 3.35. The fraction of sp³-hybridized carbons (Fsp3) is 0.154. The van der Waals surface area contributed by atoms with Gasteiger partial charge in [-0.1, -0.05) is 0 Å². The van der Waals surface area contributed by atoms with Crippen molar-refractivity contribution in [1.29, 1.82) is 0 Å². The van der Waals surface area contributed by atoms with Crippen molar-refractivity contribution in [2.24, 2.45) is 0 Å². The lowest BCUT2D eigenvalue weighted by Gasteiger charge is -1.96. The maximum absolute atomic E-state index is 12.2. The zero-order valence-electron chi connectivity index (χ0n) is 10.1. The van der Waals surface area contributed by atoms with Crippen LogP contribution >= 0.6 is 11.3 Å². The van der Waals surface area contributed by atoms with E-state index in [9.17, 15) is 4.21 Å². The normalized spacial score (nSPS) is 12.8. The first kappa shape index (κ1) is 12.4. The number of nitrogen functional groups attached to an aromatic ring is 1. The number of aromatic amines is 1. The highest BCUT2D eigenvalue weighted by molar-refractivity contribution is 7.84. The minimum atomic E-state index is -1.11. The zero-order chi connectivity index (χ0) is 13.2. The molecular weight excluding hydrogens is 278 g/mol. The average Bonchev–Trinajstić information content (AvgIpc) is 3.04. The molecule has 0 bridgehead atoms. The first-order valence-corrected chi connectivity index (χ1v) is 8.13. The first-order chi connectivity index (χ1) is 9.22. The molecule has 2 aromatic heterocycles. The average molecular weight is 291 g/mol. The molecule has 0 spiro atoms. The van der Waals surface area contributed by atoms with E-state index >= 15 is 0 Å². The van der Waals surface area contributed by atoms with E-state index in [1.54, 1.807) is 17.4 Å². The van der Waals surface area contributed by atoms with Crippen molar-refractivity contribution in [1.82, 2.24) is 9.97 Å². The van der Waals surface area contributed by atoms with Crippen molar-refractivity contribution in [2.75, 3.05) is 11.5 Å². The Balaban J connectivity index is 1.77. The summed E-state index contributed by atoms with van der Waals surface area (Å²) in [6.07, 6.45) is 0.801. The van der Waals surface area contributed by atoms with Gasteiger partial charge >= 0.3 is 0 Å². The summed E-state index contributed by atoms with van der Waals surface area (Å²) in [5.41, 5.74) is 9.24. The van der Waals surface area contributed by atoms with Crippen LogP contribution in [0.5, 0.6) is 0 Å². The van der Waals surface area contributed by atoms with E-state index in [0.29, 0.717) is 16.6 Å². The molecule has 3 N–H and O–H groups in total. The molecule has 98 valence electrons. The molecule has 0 saturated carbocycles. The number of aromatic nitrogens is 2. The van der Waals surface area contributed by atoms with Crippen molar-refractivity contribution in [2.45, 2.75) is 11.6 Å². The molecule has 0 aliphatic rings. The SMILES string of the molecule is Nc1ccc2nc(S(=O)CCc3ccsc3)[nH]c2c1. The molecule has 3 rings (SSSR count). The van der Waals surface area contributed by atoms with E-state index in [4.69, 9.17) is 5.73 Å². The number of nitrogens with one attached hydrogen (secondary N) is 1. The molecule has 4 nitrogen and oxygen atoms in total. The number of nitrogens with zero attached hydrogens (tertiary/aromatic N) is 1. The molecule has 0 amide bonds. The number of H-pyrrole nitrogens is 1. The lowest BCUT2D eigenvalue weighted by Crippen LogP contribution is -2.02. The Bertz CT molecular complexity index is 719. The molecule has 6 heteroatoms. The minimum absolute atomic E-state index is 0.524. The Morgan fingerprint density at radius 1 is 1.37 bits per heavy atom. The second-order valence-corrected chi connectivity index (χ2v) is 6.52. The highest BCUT2D eigenvalue weighted by Gasteiger charge is 2.10. The Morgan fingerprint density at radius 2 is 2.26 bits per heavy atom. The van der Waals surface area contributed by atoms with Crippen molar-refractivity contribution in [3.63, 3.8) is 0 Å². The molecule has 0 aliphatic carbocycles. The van der Waals surface area contributed by atoms with Gasteiger partial charge in [-0.3, -0.25) is 4.21 Å². The third kappa shape index (κ3) is 2.69. The van der Waals surface area contributed by atoms with Gasteiger partial charge in [0.05, 0.1) is 21.8 Å². The second kappa shape index (κ2) is 5.14. The van der Waals surface area contributed by atoms with Gasteiger partial charge in [-0.15, -0.1) is 0 Å². The van der Waals surface area contributed by atoms with Gasteiger partial charge < -0.3 is 10.7 Å². The molecule has 3 aromatic rings. The molecule has 1 unspecified atom stereocenters. The van der Waals surface area contributed by atoms with Gasteiger partial charge in [0.25, 0.3) is 0 Å². The lowest BCUT2D eigenvalue weighted by molar-refractivity contribution is 0.677. The van der Waals surface area contributed by atoms with Crippen LogP contribution in [0.4, 0.5) is 5.69 Å². The Morgan fingerprint density at radius 3 is 3.05 bits per heavy atom. The van der Waals surface area contributed by atoms with E-state index < -0.39 is 10.8 Å². The van der Waals surface area contributed by atoms with Gasteiger partial charge in [0.15, 0.2) is 5.16 Å². The predicted octanol–water partition coefficient (Wildman–Crippen LogP) is 2.56. The molecule has 0 saturated heterocycles. The molecule has 1 aromatic carbocycles. The quantitative estimate of drug-likeness (QED) is 0.726. The minimum Gasteiger partial charge on any atom is -0.399 e. The smallest absolute Gasteiger partial charge is 0.197 e. The fourth-order valence-electron chi connectivity index (χ4n) is 1.85. The molecule has 2 heterocycles. The van der Waals surface area contributed by atoms with Crippen molar-refractivity contribution in [3.8, 4) is 0 Å². The van der Waals surface area contributed by atoms with Gasteiger partial charge in [-0.2, -0.15) is 11.3 Å². The van der Waals surface area contributed by atoms with Crippen LogP contribution in [0.3, 0.4) is 0 Å². The van der Waals surface area contributed by atoms with Crippen molar-refractivity contribution >= 4 is 38.9 Å². The van der Waals surface area contributed by atoms with E-state index in [1.165, 1.54) is 5.56 Å². The van der Waals surface area contributed by atoms with Gasteiger partial charge in [0.2, 0.25) is 0 Å². The number of hydrogen-bond acceptors (Lipinski definition) is 4. The van der Waals surface area contributed by atoms with E-state index in [1.807, 2.05) is 17.5 Å². The summed E-state index contributed by atoms with van der Waals surface area (Å²) in [6, 6.07) is 7.49. The number of nitrogens with two attached hydrogens (primary N) is 1. The summed E-state index contributed by atoms with van der Waals surface area (Å²) >= 11 is 1.66. The molecule has 0 aliphatic heterocycles. The lowest BCUT2D eigenvalue weighted by atomic mass is 10.3. The highest BCUT2D eigenvalue weighted by Crippen LogP contribution is 2.17. The highest BCUT2D eigenvalue weighted by atomic mass is 32.2. The van der Waals surface area contributed by atoms with Crippen LogP contribution in [0.2, 0.25) is 0 Å². The van der Waals surface area contributed by atoms with Gasteiger partial charge in [-0.05, 0) is 47.0 Å². The maximum atomic E-state index is 12.2. The van der Waals surface area contributed by atoms with Gasteiger partial charge in [0, 0.05) is 11.4 Å². The molecule has 0 radical (unpaired) electrons. The summed E-state index contributed by atoms with van der Waals surface area (Å²) < 4.78 is 12.2. The van der Waals surface area contributed by atoms with Crippen molar-refractivity contribution in [3.05, 3.63) is 40.6 Å². The van der Waals surface area contributed by atoms with Crippen LogP contribution in [0.25, 0.3) is 11.0 Å². The summed E-state index contributed by atoms with van der Waals surface area (Å²) in [4.78, 5) is 7.42. The molecular formula is C13H13N3OS2. The number of thiophene rings is 1. The van der Waals surface area contributed by atoms with E-state index in [0.717, 1.165) is 17.5 Å². The number of benzene rings is 1. The van der Waals surface area contributed by atoms with E-state index in [2.05, 4.69) is 21.4 Å². The predicted molar refractivity (Wildman–Crippen MR) is 79.8 cm³/mol. The van der Waals surface area contributed by atoms with Crippen LogP contribution in [-0.2, 0) is 17.2 Å². The Labute approximate surface area is 117 Å². The zero-order valence-corrected chi connectivity index (χ0v) is 11.8. The summed E-state index contributed by atoms with van der Waals surface area (Å²) in [6.45, 7) is 0.